The number of carbonyl (C=O) groups is 2. The second-order valence-corrected chi connectivity index (χ2v) is 4.73. The number of nitrogens with zero attached hydrogens (tertiary/aromatic N) is 2. The van der Waals surface area contributed by atoms with Crippen molar-refractivity contribution in [2.45, 2.75) is 0 Å². The topological polar surface area (TPSA) is 84.2 Å². The number of amides is 1. The molecule has 0 aliphatic carbocycles. The molecule has 0 radical (unpaired) electrons. The molecule has 2 N–H and O–H groups in total. The molecule has 6 nitrogen and oxygen atoms in total. The van der Waals surface area contributed by atoms with Gasteiger partial charge in [-0.25, -0.2) is 4.79 Å². The van der Waals surface area contributed by atoms with Crippen LogP contribution in [0, 0.1) is 0 Å². The quantitative estimate of drug-likeness (QED) is 0.912. The monoisotopic (exact) mass is 313 g/mol. The van der Waals surface area contributed by atoms with E-state index in [1.54, 1.807) is 7.05 Å². The summed E-state index contributed by atoms with van der Waals surface area (Å²) in [6.45, 7) is 0. The van der Waals surface area contributed by atoms with Crippen LogP contribution in [0.3, 0.4) is 0 Å². The Morgan fingerprint density at radius 2 is 1.90 bits per heavy atom. The van der Waals surface area contributed by atoms with Crippen molar-refractivity contribution in [3.05, 3.63) is 45.7 Å². The molecule has 20 heavy (non-hydrogen) atoms. The molecule has 104 valence electrons. The first-order valence-corrected chi connectivity index (χ1v) is 6.17. The number of aromatic carboxylic acids is 1. The Bertz CT molecular complexity index is 674. The molecule has 0 fully saturated rings. The average molecular weight is 314 g/mol. The van der Waals surface area contributed by atoms with E-state index >= 15 is 0 Å². The van der Waals surface area contributed by atoms with Gasteiger partial charge >= 0.3 is 5.97 Å². The third-order valence-electron chi connectivity index (χ3n) is 2.58. The predicted octanol–water partition coefficient (Wildman–Crippen LogP) is 2.68. The fourth-order valence-electron chi connectivity index (χ4n) is 1.59. The van der Waals surface area contributed by atoms with Gasteiger partial charge in [0.15, 0.2) is 0 Å². The van der Waals surface area contributed by atoms with Crippen molar-refractivity contribution >= 4 is 40.8 Å². The van der Waals surface area contributed by atoms with Crippen LogP contribution in [0.4, 0.5) is 5.69 Å². The first kappa shape index (κ1) is 14.4. The molecule has 2 rings (SSSR count). The molecule has 0 bridgehead atoms. The van der Waals surface area contributed by atoms with Crippen molar-refractivity contribution in [2.24, 2.45) is 7.05 Å². The Morgan fingerprint density at radius 1 is 1.30 bits per heavy atom. The fraction of sp³-hybridized carbons (Fsp3) is 0.0833. The summed E-state index contributed by atoms with van der Waals surface area (Å²) in [5, 5.41) is 15.4. The molecular weight excluding hydrogens is 305 g/mol. The Labute approximate surface area is 123 Å². The maximum atomic E-state index is 12.0. The first-order chi connectivity index (χ1) is 9.40. The maximum absolute atomic E-state index is 12.0. The van der Waals surface area contributed by atoms with Crippen LogP contribution in [-0.2, 0) is 7.05 Å². The summed E-state index contributed by atoms with van der Waals surface area (Å²) in [4.78, 5) is 22.9. The van der Waals surface area contributed by atoms with Crippen molar-refractivity contribution in [1.82, 2.24) is 9.78 Å². The number of rotatable bonds is 3. The molecule has 0 aliphatic heterocycles. The summed E-state index contributed by atoms with van der Waals surface area (Å²) < 4.78 is 1.39. The SMILES string of the molecule is Cn1nccc1C(=O)Nc1c(Cl)cc(C(=O)O)cc1Cl. The van der Waals surface area contributed by atoms with Crippen LogP contribution in [0.15, 0.2) is 24.4 Å². The summed E-state index contributed by atoms with van der Waals surface area (Å²) in [7, 11) is 1.62. The lowest BCUT2D eigenvalue weighted by Crippen LogP contribution is -2.16. The molecule has 8 heteroatoms. The van der Waals surface area contributed by atoms with Crippen molar-refractivity contribution in [3.8, 4) is 0 Å². The second kappa shape index (κ2) is 5.52. The van der Waals surface area contributed by atoms with E-state index in [4.69, 9.17) is 28.3 Å². The molecule has 1 heterocycles. The minimum atomic E-state index is -1.15. The van der Waals surface area contributed by atoms with Crippen molar-refractivity contribution in [3.63, 3.8) is 0 Å². The normalized spacial score (nSPS) is 10.3. The third kappa shape index (κ3) is 2.76. The number of aromatic nitrogens is 2. The Morgan fingerprint density at radius 3 is 2.35 bits per heavy atom. The third-order valence-corrected chi connectivity index (χ3v) is 3.18. The molecule has 0 aliphatic rings. The number of benzene rings is 1. The number of carboxylic acid groups (broad SMARTS) is 1. The summed E-state index contributed by atoms with van der Waals surface area (Å²) >= 11 is 11.9. The van der Waals surface area contributed by atoms with Gasteiger partial charge in [-0.15, -0.1) is 0 Å². The zero-order valence-corrected chi connectivity index (χ0v) is 11.7. The molecule has 0 saturated carbocycles. The minimum Gasteiger partial charge on any atom is -0.478 e. The molecule has 0 unspecified atom stereocenters. The van der Waals surface area contributed by atoms with Crippen LogP contribution >= 0.6 is 23.2 Å². The van der Waals surface area contributed by atoms with E-state index in [-0.39, 0.29) is 21.3 Å². The van der Waals surface area contributed by atoms with E-state index in [1.165, 1.54) is 29.1 Å². The minimum absolute atomic E-state index is 0.0467. The van der Waals surface area contributed by atoms with E-state index in [9.17, 15) is 9.59 Å². The number of hydrogen-bond donors (Lipinski definition) is 2. The molecule has 2 aromatic rings. The lowest BCUT2D eigenvalue weighted by molar-refractivity contribution is 0.0696. The largest absolute Gasteiger partial charge is 0.478 e. The highest BCUT2D eigenvalue weighted by Gasteiger charge is 2.16. The molecule has 1 aromatic heterocycles. The number of halogens is 2. The predicted molar refractivity (Wildman–Crippen MR) is 74.6 cm³/mol. The molecule has 1 aromatic carbocycles. The van der Waals surface area contributed by atoms with Crippen LogP contribution in [0.1, 0.15) is 20.8 Å². The van der Waals surface area contributed by atoms with Gasteiger partial charge < -0.3 is 10.4 Å². The van der Waals surface area contributed by atoms with Gasteiger partial charge in [-0.3, -0.25) is 9.48 Å². The number of aryl methyl sites for hydroxylation is 1. The zero-order valence-electron chi connectivity index (χ0n) is 10.2. The maximum Gasteiger partial charge on any atom is 0.335 e. The van der Waals surface area contributed by atoms with Crippen LogP contribution < -0.4 is 5.32 Å². The van der Waals surface area contributed by atoms with Crippen molar-refractivity contribution in [1.29, 1.82) is 0 Å². The van der Waals surface area contributed by atoms with Crippen LogP contribution in [-0.4, -0.2) is 26.8 Å². The zero-order chi connectivity index (χ0) is 14.9. The standard InChI is InChI=1S/C12H9Cl2N3O3/c1-17-9(2-3-15-17)11(18)16-10-7(13)4-6(12(19)20)5-8(10)14/h2-5H,1H3,(H,16,18)(H,19,20). The van der Waals surface area contributed by atoms with Gasteiger partial charge in [0.25, 0.3) is 5.91 Å². The average Bonchev–Trinajstić information content (AvgIpc) is 2.79. The molecule has 1 amide bonds. The fourth-order valence-corrected chi connectivity index (χ4v) is 2.17. The van der Waals surface area contributed by atoms with E-state index in [1.807, 2.05) is 0 Å². The highest BCUT2D eigenvalue weighted by molar-refractivity contribution is 6.40. The highest BCUT2D eigenvalue weighted by Crippen LogP contribution is 2.32. The van der Waals surface area contributed by atoms with E-state index in [0.29, 0.717) is 5.69 Å². The van der Waals surface area contributed by atoms with Crippen molar-refractivity contribution in [2.75, 3.05) is 5.32 Å². The van der Waals surface area contributed by atoms with Gasteiger partial charge in [0, 0.05) is 13.2 Å². The van der Waals surface area contributed by atoms with E-state index in [2.05, 4.69) is 10.4 Å². The summed E-state index contributed by atoms with van der Waals surface area (Å²) in [6, 6.07) is 3.96. The summed E-state index contributed by atoms with van der Waals surface area (Å²) in [5.74, 6) is -1.60. The summed E-state index contributed by atoms with van der Waals surface area (Å²) in [5.41, 5.74) is 0.419. The molecule has 0 saturated heterocycles. The number of hydrogen-bond acceptors (Lipinski definition) is 3. The van der Waals surface area contributed by atoms with Gasteiger partial charge in [0.05, 0.1) is 21.3 Å². The van der Waals surface area contributed by atoms with Crippen LogP contribution in [0.5, 0.6) is 0 Å². The van der Waals surface area contributed by atoms with Gasteiger partial charge in [0.2, 0.25) is 0 Å². The van der Waals surface area contributed by atoms with Gasteiger partial charge in [-0.2, -0.15) is 5.10 Å². The van der Waals surface area contributed by atoms with E-state index < -0.39 is 11.9 Å². The van der Waals surface area contributed by atoms with Crippen LogP contribution in [0.25, 0.3) is 0 Å². The lowest BCUT2D eigenvalue weighted by atomic mass is 10.2. The van der Waals surface area contributed by atoms with Crippen LogP contribution in [0.2, 0.25) is 10.0 Å². The Kier molecular flexibility index (Phi) is 3.96. The number of nitrogens with one attached hydrogen (secondary N) is 1. The smallest absolute Gasteiger partial charge is 0.335 e. The molecule has 0 spiro atoms. The number of carboxylic acids is 1. The van der Waals surface area contributed by atoms with Gasteiger partial charge in [-0.1, -0.05) is 23.2 Å². The lowest BCUT2D eigenvalue weighted by Gasteiger charge is -2.10. The van der Waals surface area contributed by atoms with Gasteiger partial charge in [0.1, 0.15) is 5.69 Å². The highest BCUT2D eigenvalue weighted by atomic mass is 35.5. The Hall–Kier alpha value is -2.05. The first-order valence-electron chi connectivity index (χ1n) is 5.42. The number of carbonyl (C=O) groups excluding carboxylic acids is 1. The van der Waals surface area contributed by atoms with E-state index in [0.717, 1.165) is 0 Å². The number of anilines is 1. The summed E-state index contributed by atoms with van der Waals surface area (Å²) in [6.07, 6.45) is 1.48. The second-order valence-electron chi connectivity index (χ2n) is 3.91. The molecular formula is C12H9Cl2N3O3. The Balaban J connectivity index is 2.33. The van der Waals surface area contributed by atoms with Crippen molar-refractivity contribution < 1.29 is 14.7 Å². The molecule has 0 atom stereocenters. The van der Waals surface area contributed by atoms with Gasteiger partial charge in [-0.05, 0) is 18.2 Å².